The van der Waals surface area contributed by atoms with Crippen molar-refractivity contribution in [3.63, 3.8) is 0 Å². The average Bonchev–Trinajstić information content (AvgIpc) is 2.82. The number of hydrogen-bond donors (Lipinski definition) is 1. The second kappa shape index (κ2) is 6.70. The number of carboxylic acid groups (broad SMARTS) is 1. The number of rotatable bonds is 5. The van der Waals surface area contributed by atoms with Gasteiger partial charge in [-0.05, 0) is 5.56 Å². The van der Waals surface area contributed by atoms with Crippen LogP contribution in [-0.4, -0.2) is 45.5 Å². The van der Waals surface area contributed by atoms with Crippen molar-refractivity contribution in [1.29, 1.82) is 0 Å². The Morgan fingerprint density at radius 3 is 2.27 bits per heavy atom. The van der Waals surface area contributed by atoms with Crippen LogP contribution in [0.4, 0.5) is 4.79 Å². The van der Waals surface area contributed by atoms with E-state index in [1.807, 2.05) is 0 Å². The Morgan fingerprint density at radius 2 is 1.73 bits per heavy atom. The highest BCUT2D eigenvalue weighted by atomic mass is 16.6. The molecule has 0 radical (unpaired) electrons. The minimum atomic E-state index is -1.36. The first-order valence-electron chi connectivity index (χ1n) is 6.54. The van der Waals surface area contributed by atoms with Crippen LogP contribution in [-0.2, 0) is 25.7 Å². The minimum absolute atomic E-state index is 0.0546. The molecule has 0 aliphatic carbocycles. The van der Waals surface area contributed by atoms with Gasteiger partial charge in [0, 0.05) is 12.8 Å². The first-order valence-corrected chi connectivity index (χ1v) is 6.54. The second-order valence-corrected chi connectivity index (χ2v) is 4.59. The molecule has 116 valence electrons. The molecule has 0 spiro atoms. The Balaban J connectivity index is 2.08. The summed E-state index contributed by atoms with van der Waals surface area (Å²) in [6.45, 7) is -0.920. The lowest BCUT2D eigenvalue weighted by Crippen LogP contribution is -2.51. The molecule has 1 aliphatic heterocycles. The Bertz CT molecular complexity index is 585. The van der Waals surface area contributed by atoms with Crippen molar-refractivity contribution in [1.82, 2.24) is 10.0 Å². The lowest BCUT2D eigenvalue weighted by molar-refractivity contribution is -0.158. The van der Waals surface area contributed by atoms with Crippen LogP contribution in [0.1, 0.15) is 18.4 Å². The Hall–Kier alpha value is -2.90. The SMILES string of the molecule is O=C(O)CN(C(=O)OCc1ccccc1)N1C(=O)CCC1=O. The van der Waals surface area contributed by atoms with Crippen LogP contribution in [0, 0.1) is 0 Å². The molecule has 1 N–H and O–H groups in total. The van der Waals surface area contributed by atoms with Gasteiger partial charge in [0.1, 0.15) is 13.2 Å². The molecule has 1 heterocycles. The number of carbonyl (C=O) groups excluding carboxylic acids is 3. The summed E-state index contributed by atoms with van der Waals surface area (Å²) in [7, 11) is 0. The summed E-state index contributed by atoms with van der Waals surface area (Å²) >= 11 is 0. The maximum absolute atomic E-state index is 12.0. The normalized spacial score (nSPS) is 14.1. The molecule has 2 rings (SSSR count). The van der Waals surface area contributed by atoms with Crippen LogP contribution >= 0.6 is 0 Å². The maximum Gasteiger partial charge on any atom is 0.430 e. The molecular weight excluding hydrogens is 292 g/mol. The third kappa shape index (κ3) is 3.60. The quantitative estimate of drug-likeness (QED) is 0.806. The third-order valence-corrected chi connectivity index (χ3v) is 2.97. The second-order valence-electron chi connectivity index (χ2n) is 4.59. The molecule has 3 amide bonds. The van der Waals surface area contributed by atoms with E-state index in [9.17, 15) is 19.2 Å². The van der Waals surface area contributed by atoms with E-state index in [1.165, 1.54) is 0 Å². The van der Waals surface area contributed by atoms with E-state index < -0.39 is 30.4 Å². The number of hydrazine groups is 1. The van der Waals surface area contributed by atoms with Gasteiger partial charge in [0.2, 0.25) is 11.8 Å². The minimum Gasteiger partial charge on any atom is -0.480 e. The van der Waals surface area contributed by atoms with Crippen LogP contribution in [0.25, 0.3) is 0 Å². The van der Waals surface area contributed by atoms with Gasteiger partial charge in [-0.25, -0.2) is 4.79 Å². The van der Waals surface area contributed by atoms with Gasteiger partial charge in [-0.15, -0.1) is 0 Å². The summed E-state index contributed by atoms with van der Waals surface area (Å²) in [5.74, 6) is -2.60. The molecule has 1 aromatic rings. The number of benzene rings is 1. The molecule has 1 fully saturated rings. The zero-order chi connectivity index (χ0) is 16.1. The van der Waals surface area contributed by atoms with E-state index >= 15 is 0 Å². The lowest BCUT2D eigenvalue weighted by Gasteiger charge is -2.27. The van der Waals surface area contributed by atoms with E-state index in [1.54, 1.807) is 30.3 Å². The Labute approximate surface area is 125 Å². The third-order valence-electron chi connectivity index (χ3n) is 2.97. The number of hydrogen-bond acceptors (Lipinski definition) is 5. The highest BCUT2D eigenvalue weighted by Gasteiger charge is 2.38. The summed E-state index contributed by atoms with van der Waals surface area (Å²) in [4.78, 5) is 46.2. The van der Waals surface area contributed by atoms with Gasteiger partial charge in [0.15, 0.2) is 0 Å². The zero-order valence-electron chi connectivity index (χ0n) is 11.6. The first kappa shape index (κ1) is 15.5. The molecule has 0 atom stereocenters. The first-order chi connectivity index (χ1) is 10.5. The predicted octanol–water partition coefficient (Wildman–Crippen LogP) is 0.774. The smallest absolute Gasteiger partial charge is 0.430 e. The fourth-order valence-corrected chi connectivity index (χ4v) is 1.97. The summed E-state index contributed by atoms with van der Waals surface area (Å²) in [6.07, 6.45) is -1.17. The molecule has 8 nitrogen and oxygen atoms in total. The Kier molecular flexibility index (Phi) is 4.72. The summed E-state index contributed by atoms with van der Waals surface area (Å²) in [5, 5.41) is 9.91. The summed E-state index contributed by atoms with van der Waals surface area (Å²) < 4.78 is 4.98. The van der Waals surface area contributed by atoms with Gasteiger partial charge >= 0.3 is 12.1 Å². The molecule has 22 heavy (non-hydrogen) atoms. The average molecular weight is 306 g/mol. The number of nitrogens with zero attached hydrogens (tertiary/aromatic N) is 2. The van der Waals surface area contributed by atoms with Crippen molar-refractivity contribution < 1.29 is 29.0 Å². The maximum atomic E-state index is 12.0. The van der Waals surface area contributed by atoms with Gasteiger partial charge in [0.25, 0.3) is 0 Å². The molecule has 1 aromatic carbocycles. The monoisotopic (exact) mass is 306 g/mol. The van der Waals surface area contributed by atoms with Crippen LogP contribution < -0.4 is 0 Å². The molecule has 0 bridgehead atoms. The van der Waals surface area contributed by atoms with Gasteiger partial charge < -0.3 is 9.84 Å². The topological polar surface area (TPSA) is 104 Å². The van der Waals surface area contributed by atoms with E-state index in [0.29, 0.717) is 15.6 Å². The zero-order valence-corrected chi connectivity index (χ0v) is 11.6. The van der Waals surface area contributed by atoms with Gasteiger partial charge in [-0.2, -0.15) is 10.0 Å². The van der Waals surface area contributed by atoms with E-state index in [0.717, 1.165) is 0 Å². The largest absolute Gasteiger partial charge is 0.480 e. The number of ether oxygens (including phenoxy) is 1. The Morgan fingerprint density at radius 1 is 1.14 bits per heavy atom. The van der Waals surface area contributed by atoms with E-state index in [2.05, 4.69) is 0 Å². The van der Waals surface area contributed by atoms with Crippen LogP contribution in [0.2, 0.25) is 0 Å². The van der Waals surface area contributed by atoms with Crippen molar-refractivity contribution in [2.24, 2.45) is 0 Å². The van der Waals surface area contributed by atoms with E-state index in [4.69, 9.17) is 9.84 Å². The standard InChI is InChI=1S/C14H14N2O6/c17-11-6-7-12(18)16(11)15(8-13(19)20)14(21)22-9-10-4-2-1-3-5-10/h1-5H,6-9H2,(H,19,20). The van der Waals surface area contributed by atoms with Gasteiger partial charge in [0.05, 0.1) is 0 Å². The van der Waals surface area contributed by atoms with Crippen LogP contribution in [0.3, 0.4) is 0 Å². The number of carboxylic acids is 1. The van der Waals surface area contributed by atoms with Crippen molar-refractivity contribution in [3.05, 3.63) is 35.9 Å². The molecule has 0 saturated carbocycles. The molecule has 8 heteroatoms. The predicted molar refractivity (Wildman–Crippen MR) is 72.1 cm³/mol. The molecule has 1 aliphatic rings. The van der Waals surface area contributed by atoms with Crippen LogP contribution in [0.15, 0.2) is 30.3 Å². The lowest BCUT2D eigenvalue weighted by atomic mass is 10.2. The number of imide groups is 1. The number of carbonyl (C=O) groups is 4. The van der Waals surface area contributed by atoms with Crippen molar-refractivity contribution >= 4 is 23.9 Å². The molecule has 1 saturated heterocycles. The van der Waals surface area contributed by atoms with Gasteiger partial charge in [-0.3, -0.25) is 14.4 Å². The fraction of sp³-hybridized carbons (Fsp3) is 0.286. The van der Waals surface area contributed by atoms with E-state index in [-0.39, 0.29) is 19.4 Å². The van der Waals surface area contributed by atoms with Crippen LogP contribution in [0.5, 0.6) is 0 Å². The van der Waals surface area contributed by atoms with Crippen molar-refractivity contribution in [2.45, 2.75) is 19.4 Å². The molecule has 0 aromatic heterocycles. The summed E-state index contributed by atoms with van der Waals surface area (Å²) in [5.41, 5.74) is 0.699. The molecular formula is C14H14N2O6. The highest BCUT2D eigenvalue weighted by Crippen LogP contribution is 2.16. The fourth-order valence-electron chi connectivity index (χ4n) is 1.97. The number of aliphatic carboxylic acids is 1. The van der Waals surface area contributed by atoms with Crippen molar-refractivity contribution in [2.75, 3.05) is 6.54 Å². The van der Waals surface area contributed by atoms with Crippen molar-refractivity contribution in [3.8, 4) is 0 Å². The van der Waals surface area contributed by atoms with Gasteiger partial charge in [-0.1, -0.05) is 30.3 Å². The highest BCUT2D eigenvalue weighted by molar-refractivity contribution is 6.03. The number of amides is 3. The molecule has 0 unspecified atom stereocenters. The summed E-state index contributed by atoms with van der Waals surface area (Å²) in [6, 6.07) is 8.75.